The Balaban J connectivity index is 1.63. The van der Waals surface area contributed by atoms with E-state index >= 15 is 0 Å². The van der Waals surface area contributed by atoms with Gasteiger partial charge in [-0.2, -0.15) is 0 Å². The predicted molar refractivity (Wildman–Crippen MR) is 140 cm³/mol. The van der Waals surface area contributed by atoms with Crippen molar-refractivity contribution in [2.75, 3.05) is 11.1 Å². The van der Waals surface area contributed by atoms with E-state index in [0.29, 0.717) is 16.5 Å². The van der Waals surface area contributed by atoms with Crippen molar-refractivity contribution in [3.63, 3.8) is 0 Å². The summed E-state index contributed by atoms with van der Waals surface area (Å²) >= 11 is 0. The van der Waals surface area contributed by atoms with Crippen molar-refractivity contribution in [3.05, 3.63) is 112 Å². The van der Waals surface area contributed by atoms with Gasteiger partial charge < -0.3 is 20.6 Å². The molecule has 190 valence electrons. The number of hydrogen-bond acceptors (Lipinski definition) is 8. The maximum absolute atomic E-state index is 14.1. The van der Waals surface area contributed by atoms with Crippen LogP contribution in [0, 0.1) is 17.0 Å². The summed E-state index contributed by atoms with van der Waals surface area (Å²) in [7, 11) is 0. The van der Waals surface area contributed by atoms with Crippen LogP contribution in [0.4, 0.5) is 20.4 Å². The maximum Gasteiger partial charge on any atom is 0.200 e. The molecular weight excluding hydrogens is 492 g/mol. The Morgan fingerprint density at radius 2 is 1.82 bits per heavy atom. The fourth-order valence-electron chi connectivity index (χ4n) is 4.26. The fourth-order valence-corrected chi connectivity index (χ4v) is 4.26. The van der Waals surface area contributed by atoms with Gasteiger partial charge in [0.25, 0.3) is 0 Å². The van der Waals surface area contributed by atoms with Gasteiger partial charge in [0.2, 0.25) is 5.43 Å². The normalized spacial score (nSPS) is 11.9. The number of hydrogen-bond donors (Lipinski definition) is 4. The van der Waals surface area contributed by atoms with Gasteiger partial charge in [0, 0.05) is 11.6 Å². The van der Waals surface area contributed by atoms with Crippen LogP contribution in [0.15, 0.2) is 82.3 Å². The summed E-state index contributed by atoms with van der Waals surface area (Å²) < 4.78 is 33.8. The third-order valence-electron chi connectivity index (χ3n) is 6.04. The van der Waals surface area contributed by atoms with Crippen molar-refractivity contribution in [2.24, 2.45) is 0 Å². The van der Waals surface area contributed by atoms with Gasteiger partial charge in [-0.25, -0.2) is 18.7 Å². The van der Waals surface area contributed by atoms with E-state index in [1.54, 1.807) is 37.3 Å². The lowest BCUT2D eigenvalue weighted by atomic mass is 9.98. The Kier molecular flexibility index (Phi) is 6.29. The highest BCUT2D eigenvalue weighted by atomic mass is 19.1. The van der Waals surface area contributed by atoms with Crippen LogP contribution in [0.5, 0.6) is 5.75 Å². The van der Waals surface area contributed by atoms with Crippen LogP contribution in [0.1, 0.15) is 29.9 Å². The molecule has 2 heterocycles. The lowest BCUT2D eigenvalue weighted by Gasteiger charge is -2.20. The quantitative estimate of drug-likeness (QED) is 0.223. The molecule has 1 atom stereocenters. The minimum Gasteiger partial charge on any atom is -0.507 e. The monoisotopic (exact) mass is 513 g/mol. The number of aromatic hydroxyl groups is 1. The molecule has 0 aliphatic heterocycles. The van der Waals surface area contributed by atoms with Crippen LogP contribution in [0.25, 0.3) is 22.1 Å². The first-order valence-electron chi connectivity index (χ1n) is 11.5. The number of nitrogens with one attached hydrogen (secondary N) is 2. The molecule has 5 rings (SSSR count). The van der Waals surface area contributed by atoms with E-state index in [4.69, 9.17) is 15.6 Å². The molecule has 2 aromatic heterocycles. The summed E-state index contributed by atoms with van der Waals surface area (Å²) in [5.74, 6) is -1.38. The minimum absolute atomic E-state index is 0.0151. The first kappa shape index (κ1) is 24.6. The number of nitrogens with two attached hydrogens (primary N) is 1. The van der Waals surface area contributed by atoms with Gasteiger partial charge in [0.15, 0.2) is 0 Å². The number of phenols is 1. The molecule has 0 aliphatic carbocycles. The molecule has 1 unspecified atom stereocenters. The fraction of sp³-hybridized carbons (Fsp3) is 0.0714. The Labute approximate surface area is 214 Å². The van der Waals surface area contributed by atoms with E-state index in [1.165, 1.54) is 30.6 Å². The number of rotatable bonds is 6. The van der Waals surface area contributed by atoms with E-state index in [-0.39, 0.29) is 45.2 Å². The maximum atomic E-state index is 14.1. The molecule has 0 aliphatic rings. The molecule has 0 bridgehead atoms. The van der Waals surface area contributed by atoms with Crippen LogP contribution >= 0.6 is 0 Å². The van der Waals surface area contributed by atoms with Crippen molar-refractivity contribution in [1.82, 2.24) is 9.97 Å². The van der Waals surface area contributed by atoms with Crippen molar-refractivity contribution in [3.8, 4) is 16.9 Å². The molecule has 0 saturated carbocycles. The van der Waals surface area contributed by atoms with Crippen LogP contribution in [-0.4, -0.2) is 20.8 Å². The number of para-hydroxylation sites is 1. The minimum atomic E-state index is -0.728. The number of benzene rings is 3. The van der Waals surface area contributed by atoms with Gasteiger partial charge >= 0.3 is 0 Å². The zero-order valence-electron chi connectivity index (χ0n) is 20.0. The van der Waals surface area contributed by atoms with E-state index in [9.17, 15) is 18.7 Å². The number of fused-ring (bicyclic) bond motifs is 1. The van der Waals surface area contributed by atoms with Gasteiger partial charge in [-0.05, 0) is 48.9 Å². The van der Waals surface area contributed by atoms with E-state index < -0.39 is 23.4 Å². The summed E-state index contributed by atoms with van der Waals surface area (Å²) in [4.78, 5) is 21.7. The molecule has 5 aromatic rings. The second kappa shape index (κ2) is 9.74. The summed E-state index contributed by atoms with van der Waals surface area (Å²) in [6.45, 7) is 1.71. The Hall–Kier alpha value is -5.12. The van der Waals surface area contributed by atoms with Gasteiger partial charge in [-0.15, -0.1) is 0 Å². The molecular formula is C28H21F2N5O3. The standard InChI is InChI=1S/C28H21F2N5O3/c1-14(35-28-23(27(32)33-13-34-28)24(31)18-10-9-17(30)12-20(18)36)26-22(15-5-4-6-16(29)11-15)25(37)19-7-2-3-8-21(19)38-26/h2-14,31,36H,1H3,(H3,32,33,34,35). The number of anilines is 2. The zero-order chi connectivity index (χ0) is 27.0. The molecule has 0 radical (unpaired) electrons. The lowest BCUT2D eigenvalue weighted by molar-refractivity contribution is 0.468. The lowest BCUT2D eigenvalue weighted by Crippen LogP contribution is -2.19. The van der Waals surface area contributed by atoms with Gasteiger partial charge in [0.05, 0.1) is 28.3 Å². The summed E-state index contributed by atoms with van der Waals surface area (Å²) in [6.07, 6.45) is 1.19. The molecule has 8 nitrogen and oxygen atoms in total. The van der Waals surface area contributed by atoms with Crippen molar-refractivity contribution >= 4 is 28.3 Å². The highest BCUT2D eigenvalue weighted by Crippen LogP contribution is 2.33. The molecule has 38 heavy (non-hydrogen) atoms. The third-order valence-corrected chi connectivity index (χ3v) is 6.04. The Morgan fingerprint density at radius 1 is 1.05 bits per heavy atom. The average Bonchev–Trinajstić information content (AvgIpc) is 2.88. The SMILES string of the molecule is CC(Nc1ncnc(N)c1C(=N)c1ccc(F)cc1O)c1oc2ccccc2c(=O)c1-c1cccc(F)c1. The number of nitrogens with zero attached hydrogens (tertiary/aromatic N) is 2. The van der Waals surface area contributed by atoms with Crippen LogP contribution in [-0.2, 0) is 0 Å². The van der Waals surface area contributed by atoms with Crippen molar-refractivity contribution in [2.45, 2.75) is 13.0 Å². The van der Waals surface area contributed by atoms with Gasteiger partial charge in [-0.1, -0.05) is 24.3 Å². The Bertz CT molecular complexity index is 1770. The summed E-state index contributed by atoms with van der Waals surface area (Å²) in [5, 5.41) is 22.3. The largest absolute Gasteiger partial charge is 0.507 e. The second-order valence-electron chi connectivity index (χ2n) is 8.56. The predicted octanol–water partition coefficient (Wildman–Crippen LogP) is 5.41. The number of phenolic OH excluding ortho intramolecular Hbond substituents is 1. The molecule has 10 heteroatoms. The number of nitrogen functional groups attached to an aromatic ring is 1. The molecule has 0 amide bonds. The average molecular weight is 514 g/mol. The first-order chi connectivity index (χ1) is 18.2. The molecule has 0 spiro atoms. The molecule has 0 saturated heterocycles. The first-order valence-corrected chi connectivity index (χ1v) is 11.5. The molecule has 5 N–H and O–H groups in total. The van der Waals surface area contributed by atoms with Crippen LogP contribution < -0.4 is 16.5 Å². The second-order valence-corrected chi connectivity index (χ2v) is 8.56. The van der Waals surface area contributed by atoms with E-state index in [1.807, 2.05) is 0 Å². The number of aromatic nitrogens is 2. The smallest absolute Gasteiger partial charge is 0.200 e. The van der Waals surface area contributed by atoms with Crippen molar-refractivity contribution < 1.29 is 18.3 Å². The van der Waals surface area contributed by atoms with E-state index in [0.717, 1.165) is 12.1 Å². The highest BCUT2D eigenvalue weighted by Gasteiger charge is 2.25. The van der Waals surface area contributed by atoms with Crippen LogP contribution in [0.2, 0.25) is 0 Å². The zero-order valence-corrected chi connectivity index (χ0v) is 20.0. The molecule has 3 aromatic carbocycles. The highest BCUT2D eigenvalue weighted by molar-refractivity contribution is 6.17. The summed E-state index contributed by atoms with van der Waals surface area (Å²) in [5.41, 5.74) is 6.40. The topological polar surface area (TPSA) is 138 Å². The number of halogens is 2. The Morgan fingerprint density at radius 3 is 2.58 bits per heavy atom. The van der Waals surface area contributed by atoms with Gasteiger partial charge in [0.1, 0.15) is 46.7 Å². The van der Waals surface area contributed by atoms with Crippen LogP contribution in [0.3, 0.4) is 0 Å². The van der Waals surface area contributed by atoms with Crippen molar-refractivity contribution in [1.29, 1.82) is 5.41 Å². The molecule has 0 fully saturated rings. The summed E-state index contributed by atoms with van der Waals surface area (Å²) in [6, 6.07) is 14.9. The van der Waals surface area contributed by atoms with Gasteiger partial charge in [-0.3, -0.25) is 10.2 Å². The van der Waals surface area contributed by atoms with E-state index in [2.05, 4.69) is 15.3 Å². The third kappa shape index (κ3) is 4.43.